The number of anilines is 1. The van der Waals surface area contributed by atoms with Crippen LogP contribution in [-0.4, -0.2) is 23.9 Å². The number of likely N-dealkylation sites (tertiary alicyclic amines) is 1. The molecule has 2 aromatic rings. The third-order valence-electron chi connectivity index (χ3n) is 5.49. The smallest absolute Gasteiger partial charge is 0.325 e. The Bertz CT molecular complexity index is 825. The maximum atomic E-state index is 13.5. The molecule has 136 valence electrons. The Hall–Kier alpha value is -2.34. The first kappa shape index (κ1) is 17.1. The third kappa shape index (κ3) is 2.78. The van der Waals surface area contributed by atoms with Crippen molar-refractivity contribution in [3.63, 3.8) is 0 Å². The molecule has 2 aliphatic heterocycles. The lowest BCUT2D eigenvalue weighted by molar-refractivity contribution is -0.139. The maximum absolute atomic E-state index is 13.5. The Balaban J connectivity index is 1.61. The maximum Gasteiger partial charge on any atom is 0.416 e. The van der Waals surface area contributed by atoms with E-state index in [1.807, 2.05) is 30.3 Å². The topological polar surface area (TPSA) is 32.3 Å². The average molecular weight is 360 g/mol. The highest BCUT2D eigenvalue weighted by atomic mass is 19.4. The molecule has 26 heavy (non-hydrogen) atoms. The number of fused-ring (bicyclic) bond motifs is 2. The monoisotopic (exact) mass is 360 g/mol. The van der Waals surface area contributed by atoms with Crippen LogP contribution >= 0.6 is 0 Å². The molecule has 0 unspecified atom stereocenters. The van der Waals surface area contributed by atoms with Crippen LogP contribution in [0.4, 0.5) is 18.9 Å². The first-order chi connectivity index (χ1) is 12.4. The minimum Gasteiger partial charge on any atom is -0.325 e. The summed E-state index contributed by atoms with van der Waals surface area (Å²) in [7, 11) is 0. The van der Waals surface area contributed by atoms with Gasteiger partial charge in [-0.05, 0) is 43.6 Å². The van der Waals surface area contributed by atoms with Gasteiger partial charge in [0, 0.05) is 17.8 Å². The van der Waals surface area contributed by atoms with E-state index in [1.165, 1.54) is 6.07 Å². The van der Waals surface area contributed by atoms with E-state index in [1.54, 1.807) is 6.07 Å². The van der Waals surface area contributed by atoms with Gasteiger partial charge >= 0.3 is 6.18 Å². The number of halogens is 3. The van der Waals surface area contributed by atoms with Gasteiger partial charge < -0.3 is 5.32 Å². The van der Waals surface area contributed by atoms with Crippen molar-refractivity contribution in [2.45, 2.75) is 31.0 Å². The molecule has 0 aromatic heterocycles. The summed E-state index contributed by atoms with van der Waals surface area (Å²) < 4.78 is 40.6. The lowest BCUT2D eigenvalue weighted by Crippen LogP contribution is -2.46. The van der Waals surface area contributed by atoms with Gasteiger partial charge in [0.05, 0.1) is 11.0 Å². The second kappa shape index (κ2) is 6.13. The van der Waals surface area contributed by atoms with Gasteiger partial charge in [0.25, 0.3) is 0 Å². The van der Waals surface area contributed by atoms with Crippen molar-refractivity contribution in [1.82, 2.24) is 4.90 Å². The normalized spacial score (nSPS) is 19.4. The van der Waals surface area contributed by atoms with E-state index in [0.717, 1.165) is 18.2 Å². The quantitative estimate of drug-likeness (QED) is 0.871. The van der Waals surface area contributed by atoms with Gasteiger partial charge in [0.1, 0.15) is 0 Å². The van der Waals surface area contributed by atoms with Gasteiger partial charge in [-0.25, -0.2) is 0 Å². The largest absolute Gasteiger partial charge is 0.416 e. The van der Waals surface area contributed by atoms with Gasteiger partial charge in [-0.1, -0.05) is 36.4 Å². The summed E-state index contributed by atoms with van der Waals surface area (Å²) in [6.45, 7) is 1.92. The van der Waals surface area contributed by atoms with Gasteiger partial charge in [0.15, 0.2) is 0 Å². The molecule has 0 radical (unpaired) electrons. The van der Waals surface area contributed by atoms with Crippen LogP contribution in [0, 0.1) is 0 Å². The lowest BCUT2D eigenvalue weighted by Gasteiger charge is -2.38. The molecule has 1 fully saturated rings. The van der Waals surface area contributed by atoms with Crippen molar-refractivity contribution in [3.05, 3.63) is 65.2 Å². The van der Waals surface area contributed by atoms with Crippen LogP contribution in [0.3, 0.4) is 0 Å². The molecule has 0 atom stereocenters. The predicted molar refractivity (Wildman–Crippen MR) is 92.7 cm³/mol. The summed E-state index contributed by atoms with van der Waals surface area (Å²) in [5.41, 5.74) is -0.159. The van der Waals surface area contributed by atoms with Crippen molar-refractivity contribution in [1.29, 1.82) is 0 Å². The van der Waals surface area contributed by atoms with Gasteiger partial charge in [-0.3, -0.25) is 9.69 Å². The summed E-state index contributed by atoms with van der Waals surface area (Å²) >= 11 is 0. The molecule has 1 amide bonds. The molecule has 2 aromatic carbocycles. The Morgan fingerprint density at radius 1 is 1.00 bits per heavy atom. The first-order valence-corrected chi connectivity index (χ1v) is 8.69. The zero-order valence-electron chi connectivity index (χ0n) is 14.1. The molecule has 2 aliphatic rings. The van der Waals surface area contributed by atoms with Crippen molar-refractivity contribution in [3.8, 4) is 0 Å². The highest BCUT2D eigenvalue weighted by Gasteiger charge is 2.52. The van der Waals surface area contributed by atoms with Gasteiger partial charge in [0.2, 0.25) is 5.91 Å². The Labute approximate surface area is 149 Å². The number of nitrogens with zero attached hydrogens (tertiary/aromatic N) is 1. The molecule has 1 spiro atoms. The van der Waals surface area contributed by atoms with Crippen LogP contribution in [-0.2, 0) is 22.9 Å². The number of nitrogens with one attached hydrogen (secondary N) is 1. The molecule has 3 nitrogen and oxygen atoms in total. The molecule has 4 rings (SSSR count). The molecule has 0 saturated carbocycles. The average Bonchev–Trinajstić information content (AvgIpc) is 2.89. The number of benzene rings is 2. The number of hydrogen-bond donors (Lipinski definition) is 1. The summed E-state index contributed by atoms with van der Waals surface area (Å²) in [4.78, 5) is 14.9. The highest BCUT2D eigenvalue weighted by molar-refractivity contribution is 6.07. The molecular formula is C20H19F3N2O. The molecule has 0 bridgehead atoms. The number of piperidine rings is 1. The van der Waals surface area contributed by atoms with Crippen LogP contribution in [0.5, 0.6) is 0 Å². The predicted octanol–water partition coefficient (Wildman–Crippen LogP) is 4.19. The number of hydrogen-bond acceptors (Lipinski definition) is 2. The summed E-state index contributed by atoms with van der Waals surface area (Å²) in [6.07, 6.45) is -3.68. The van der Waals surface area contributed by atoms with Gasteiger partial charge in [-0.15, -0.1) is 0 Å². The molecule has 2 heterocycles. The molecule has 0 aliphatic carbocycles. The molecule has 1 saturated heterocycles. The van der Waals surface area contributed by atoms with E-state index in [9.17, 15) is 18.0 Å². The molecule has 6 heteroatoms. The van der Waals surface area contributed by atoms with E-state index in [-0.39, 0.29) is 11.5 Å². The third-order valence-corrected chi connectivity index (χ3v) is 5.49. The fourth-order valence-corrected chi connectivity index (χ4v) is 4.18. The van der Waals surface area contributed by atoms with E-state index >= 15 is 0 Å². The Morgan fingerprint density at radius 3 is 2.35 bits per heavy atom. The van der Waals surface area contributed by atoms with Gasteiger partial charge in [-0.2, -0.15) is 13.2 Å². The zero-order chi connectivity index (χ0) is 18.4. The van der Waals surface area contributed by atoms with E-state index < -0.39 is 17.2 Å². The SMILES string of the molecule is O=C1Nc2cccc(C(F)(F)F)c2C12CCN(Cc1ccccc1)CC2. The van der Waals surface area contributed by atoms with Crippen LogP contribution < -0.4 is 5.32 Å². The van der Waals surface area contributed by atoms with E-state index in [2.05, 4.69) is 10.2 Å². The number of carbonyl (C=O) groups is 1. The summed E-state index contributed by atoms with van der Waals surface area (Å²) in [5.74, 6) is -0.302. The fraction of sp³-hybridized carbons (Fsp3) is 0.350. The zero-order valence-corrected chi connectivity index (χ0v) is 14.1. The molecule has 1 N–H and O–H groups in total. The van der Waals surface area contributed by atoms with Crippen molar-refractivity contribution in [2.75, 3.05) is 18.4 Å². The minimum absolute atomic E-state index is 0.136. The second-order valence-corrected chi connectivity index (χ2v) is 7.02. The Morgan fingerprint density at radius 2 is 1.69 bits per heavy atom. The standard InChI is InChI=1S/C20H19F3N2O/c21-20(22,23)15-7-4-8-16-17(15)19(18(26)24-16)9-11-25(12-10-19)13-14-5-2-1-3-6-14/h1-8H,9-13H2,(H,24,26). The number of amides is 1. The highest BCUT2D eigenvalue weighted by Crippen LogP contribution is 2.50. The number of rotatable bonds is 2. The second-order valence-electron chi connectivity index (χ2n) is 7.02. The Kier molecular flexibility index (Phi) is 4.03. The molecular weight excluding hydrogens is 341 g/mol. The van der Waals surface area contributed by atoms with E-state index in [4.69, 9.17) is 0 Å². The minimum atomic E-state index is -4.47. The van der Waals surface area contributed by atoms with Crippen LogP contribution in [0.15, 0.2) is 48.5 Å². The van der Waals surface area contributed by atoms with Crippen LogP contribution in [0.1, 0.15) is 29.5 Å². The number of carbonyl (C=O) groups excluding carboxylic acids is 1. The van der Waals surface area contributed by atoms with Crippen molar-refractivity contribution >= 4 is 11.6 Å². The van der Waals surface area contributed by atoms with Crippen molar-refractivity contribution in [2.24, 2.45) is 0 Å². The van der Waals surface area contributed by atoms with Crippen LogP contribution in [0.25, 0.3) is 0 Å². The number of alkyl halides is 3. The van der Waals surface area contributed by atoms with Crippen LogP contribution in [0.2, 0.25) is 0 Å². The lowest BCUT2D eigenvalue weighted by atomic mass is 9.72. The first-order valence-electron chi connectivity index (χ1n) is 8.69. The fourth-order valence-electron chi connectivity index (χ4n) is 4.18. The van der Waals surface area contributed by atoms with Crippen molar-refractivity contribution < 1.29 is 18.0 Å². The van der Waals surface area contributed by atoms with E-state index in [0.29, 0.717) is 31.6 Å². The summed E-state index contributed by atoms with van der Waals surface area (Å²) in [6, 6.07) is 13.9. The summed E-state index contributed by atoms with van der Waals surface area (Å²) in [5, 5.41) is 2.68.